The van der Waals surface area contributed by atoms with Crippen LogP contribution in [0.4, 0.5) is 4.79 Å². The highest BCUT2D eigenvalue weighted by molar-refractivity contribution is 5.79. The fraction of sp³-hybridized carbons (Fsp3) is 0.321. The summed E-state index contributed by atoms with van der Waals surface area (Å²) >= 11 is 0. The molecule has 33 heavy (non-hydrogen) atoms. The molecule has 170 valence electrons. The van der Waals surface area contributed by atoms with Crippen molar-refractivity contribution in [1.82, 2.24) is 4.90 Å². The molecular weight excluding hydrogens is 414 g/mol. The molecular formula is C28H29NO4. The van der Waals surface area contributed by atoms with Gasteiger partial charge in [0.05, 0.1) is 12.1 Å². The van der Waals surface area contributed by atoms with Gasteiger partial charge in [-0.05, 0) is 27.8 Å². The van der Waals surface area contributed by atoms with Gasteiger partial charge in [0.25, 0.3) is 0 Å². The van der Waals surface area contributed by atoms with Crippen molar-refractivity contribution in [3.8, 4) is 11.1 Å². The third kappa shape index (κ3) is 4.65. The maximum atomic E-state index is 13.3. The van der Waals surface area contributed by atoms with E-state index in [9.17, 15) is 9.90 Å². The normalized spacial score (nSPS) is 16.6. The van der Waals surface area contributed by atoms with E-state index in [1.54, 1.807) is 4.90 Å². The molecule has 0 saturated carbocycles. The average molecular weight is 444 g/mol. The van der Waals surface area contributed by atoms with E-state index in [1.165, 1.54) is 22.3 Å². The largest absolute Gasteiger partial charge is 0.448 e. The highest BCUT2D eigenvalue weighted by Gasteiger charge is 2.35. The number of aliphatic hydroxyl groups is 1. The van der Waals surface area contributed by atoms with Crippen LogP contribution >= 0.6 is 0 Å². The number of rotatable bonds is 6. The first-order valence-electron chi connectivity index (χ1n) is 11.6. The van der Waals surface area contributed by atoms with Gasteiger partial charge >= 0.3 is 6.09 Å². The van der Waals surface area contributed by atoms with Gasteiger partial charge in [-0.2, -0.15) is 0 Å². The fourth-order valence-electron chi connectivity index (χ4n) is 4.94. The van der Waals surface area contributed by atoms with Crippen molar-refractivity contribution in [2.75, 3.05) is 26.4 Å². The number of amides is 1. The SMILES string of the molecule is O=C(OCC1c2ccccc2-c2ccccc21)N(Cc1ccccc1)CC1(O)CCOCC1. The first-order chi connectivity index (χ1) is 16.1. The highest BCUT2D eigenvalue weighted by atomic mass is 16.6. The number of benzene rings is 3. The monoisotopic (exact) mass is 443 g/mol. The van der Waals surface area contributed by atoms with E-state index in [2.05, 4.69) is 24.3 Å². The second-order valence-electron chi connectivity index (χ2n) is 8.98. The van der Waals surface area contributed by atoms with Gasteiger partial charge in [0, 0.05) is 38.5 Å². The number of nitrogens with zero attached hydrogens (tertiary/aromatic N) is 1. The third-order valence-corrected chi connectivity index (χ3v) is 6.72. The van der Waals surface area contributed by atoms with E-state index in [0.29, 0.717) is 32.6 Å². The molecule has 3 aromatic rings. The van der Waals surface area contributed by atoms with Crippen LogP contribution in [0.5, 0.6) is 0 Å². The number of hydrogen-bond donors (Lipinski definition) is 1. The topological polar surface area (TPSA) is 59.0 Å². The Morgan fingerprint density at radius 3 is 2.12 bits per heavy atom. The van der Waals surface area contributed by atoms with Crippen molar-refractivity contribution >= 4 is 6.09 Å². The molecule has 5 nitrogen and oxygen atoms in total. The smallest absolute Gasteiger partial charge is 0.410 e. The molecule has 0 spiro atoms. The van der Waals surface area contributed by atoms with Crippen LogP contribution in [0, 0.1) is 0 Å². The molecule has 2 aliphatic rings. The molecule has 1 aliphatic heterocycles. The van der Waals surface area contributed by atoms with E-state index >= 15 is 0 Å². The predicted octanol–water partition coefficient (Wildman–Crippen LogP) is 4.98. The van der Waals surface area contributed by atoms with Crippen molar-refractivity contribution in [3.63, 3.8) is 0 Å². The Morgan fingerprint density at radius 1 is 0.909 bits per heavy atom. The van der Waals surface area contributed by atoms with Crippen LogP contribution in [0.25, 0.3) is 11.1 Å². The van der Waals surface area contributed by atoms with Crippen molar-refractivity contribution in [2.45, 2.75) is 30.9 Å². The second-order valence-corrected chi connectivity index (χ2v) is 8.98. The third-order valence-electron chi connectivity index (χ3n) is 6.72. The molecule has 0 unspecified atom stereocenters. The van der Waals surface area contributed by atoms with E-state index < -0.39 is 11.7 Å². The Balaban J connectivity index is 1.34. The average Bonchev–Trinajstić information content (AvgIpc) is 3.17. The zero-order valence-corrected chi connectivity index (χ0v) is 18.7. The van der Waals surface area contributed by atoms with Crippen molar-refractivity contribution in [3.05, 3.63) is 95.6 Å². The quantitative estimate of drug-likeness (QED) is 0.584. The lowest BCUT2D eigenvalue weighted by atomic mass is 9.93. The summed E-state index contributed by atoms with van der Waals surface area (Å²) < 4.78 is 11.3. The Morgan fingerprint density at radius 2 is 1.48 bits per heavy atom. The minimum atomic E-state index is -0.960. The first kappa shape index (κ1) is 21.7. The first-order valence-corrected chi connectivity index (χ1v) is 11.6. The summed E-state index contributed by atoms with van der Waals surface area (Å²) in [6, 6.07) is 26.4. The Hall–Kier alpha value is -3.15. The summed E-state index contributed by atoms with van der Waals surface area (Å²) in [7, 11) is 0. The Bertz CT molecular complexity index is 1060. The van der Waals surface area contributed by atoms with Crippen LogP contribution in [0.1, 0.15) is 35.4 Å². The lowest BCUT2D eigenvalue weighted by molar-refractivity contribution is -0.0789. The summed E-state index contributed by atoms with van der Waals surface area (Å²) in [6.07, 6.45) is 0.616. The number of hydrogen-bond acceptors (Lipinski definition) is 4. The van der Waals surface area contributed by atoms with Gasteiger partial charge in [-0.15, -0.1) is 0 Å². The highest BCUT2D eigenvalue weighted by Crippen LogP contribution is 2.44. The number of carbonyl (C=O) groups excluding carboxylic acids is 1. The Labute approximate surface area is 194 Å². The van der Waals surface area contributed by atoms with Crippen LogP contribution in [-0.4, -0.2) is 48.1 Å². The van der Waals surface area contributed by atoms with E-state index in [-0.39, 0.29) is 19.1 Å². The van der Waals surface area contributed by atoms with Crippen LogP contribution in [0.15, 0.2) is 78.9 Å². The summed E-state index contributed by atoms with van der Waals surface area (Å²) in [6.45, 7) is 1.88. The molecule has 0 bridgehead atoms. The predicted molar refractivity (Wildman–Crippen MR) is 127 cm³/mol. The molecule has 1 amide bonds. The molecule has 1 N–H and O–H groups in total. The van der Waals surface area contributed by atoms with E-state index in [1.807, 2.05) is 54.6 Å². The lowest BCUT2D eigenvalue weighted by Gasteiger charge is -2.36. The number of ether oxygens (including phenoxy) is 2. The maximum absolute atomic E-state index is 13.3. The van der Waals surface area contributed by atoms with Crippen LogP contribution in [0.3, 0.4) is 0 Å². The summed E-state index contributed by atoms with van der Waals surface area (Å²) in [5.74, 6) is 0.00564. The molecule has 0 atom stereocenters. The molecule has 1 saturated heterocycles. The molecule has 3 aromatic carbocycles. The summed E-state index contributed by atoms with van der Waals surface area (Å²) in [4.78, 5) is 14.9. The molecule has 1 heterocycles. The summed E-state index contributed by atoms with van der Waals surface area (Å²) in [5, 5.41) is 11.1. The van der Waals surface area contributed by atoms with Crippen molar-refractivity contribution in [1.29, 1.82) is 0 Å². The number of fused-ring (bicyclic) bond motifs is 3. The molecule has 5 heteroatoms. The molecule has 1 fully saturated rings. The van der Waals surface area contributed by atoms with Gasteiger partial charge < -0.3 is 19.5 Å². The minimum absolute atomic E-state index is 0.00564. The lowest BCUT2D eigenvalue weighted by Crippen LogP contribution is -2.48. The summed E-state index contributed by atoms with van der Waals surface area (Å²) in [5.41, 5.74) is 4.81. The van der Waals surface area contributed by atoms with Crippen LogP contribution < -0.4 is 0 Å². The van der Waals surface area contributed by atoms with Gasteiger partial charge in [0.2, 0.25) is 0 Å². The molecule has 1 aliphatic carbocycles. The van der Waals surface area contributed by atoms with Crippen LogP contribution in [0.2, 0.25) is 0 Å². The van der Waals surface area contributed by atoms with Gasteiger partial charge in [-0.25, -0.2) is 4.79 Å². The van der Waals surface area contributed by atoms with Crippen molar-refractivity contribution in [2.24, 2.45) is 0 Å². The zero-order chi connectivity index (χ0) is 22.7. The fourth-order valence-corrected chi connectivity index (χ4v) is 4.94. The van der Waals surface area contributed by atoms with Gasteiger partial charge in [-0.3, -0.25) is 0 Å². The minimum Gasteiger partial charge on any atom is -0.448 e. The molecule has 0 radical (unpaired) electrons. The Kier molecular flexibility index (Phi) is 6.16. The number of carbonyl (C=O) groups is 1. The standard InChI is InChI=1S/C28H29NO4/c30-27(29(18-21-8-2-1-3-9-21)20-28(31)14-16-32-17-15-28)33-19-26-24-12-6-4-10-22(24)23-11-5-7-13-25(23)26/h1-13,26,31H,14-20H2. The molecule has 5 rings (SSSR count). The maximum Gasteiger partial charge on any atom is 0.410 e. The molecule has 0 aromatic heterocycles. The van der Waals surface area contributed by atoms with E-state index in [4.69, 9.17) is 9.47 Å². The van der Waals surface area contributed by atoms with Crippen LogP contribution in [-0.2, 0) is 16.0 Å². The second kappa shape index (κ2) is 9.38. The van der Waals surface area contributed by atoms with E-state index in [0.717, 1.165) is 5.56 Å². The van der Waals surface area contributed by atoms with Gasteiger partial charge in [0.1, 0.15) is 6.61 Å². The van der Waals surface area contributed by atoms with Gasteiger partial charge in [0.15, 0.2) is 0 Å². The van der Waals surface area contributed by atoms with Crippen molar-refractivity contribution < 1.29 is 19.4 Å². The van der Waals surface area contributed by atoms with Gasteiger partial charge in [-0.1, -0.05) is 78.9 Å². The zero-order valence-electron chi connectivity index (χ0n) is 18.7.